The summed E-state index contributed by atoms with van der Waals surface area (Å²) in [4.78, 5) is 30.6. The number of nitrogens with one attached hydrogen (secondary N) is 1. The van der Waals surface area contributed by atoms with Gasteiger partial charge in [-0.1, -0.05) is 76.9 Å². The lowest BCUT2D eigenvalue weighted by molar-refractivity contribution is -0.131. The van der Waals surface area contributed by atoms with Gasteiger partial charge in [0.2, 0.25) is 21.8 Å². The number of piperidine rings is 1. The van der Waals surface area contributed by atoms with Crippen LogP contribution in [0.1, 0.15) is 42.4 Å². The van der Waals surface area contributed by atoms with Gasteiger partial charge in [0.15, 0.2) is 0 Å². The van der Waals surface area contributed by atoms with Crippen LogP contribution in [0.15, 0.2) is 106 Å². The van der Waals surface area contributed by atoms with Crippen molar-refractivity contribution in [3.8, 4) is 11.1 Å². The second kappa shape index (κ2) is 17.7. The number of carbonyl (C=O) groups is 2. The number of hydrogen-bond acceptors (Lipinski definition) is 5. The summed E-state index contributed by atoms with van der Waals surface area (Å²) in [7, 11) is -3.78. The summed E-state index contributed by atoms with van der Waals surface area (Å²) in [6.45, 7) is 3.78. The average molecular weight is 754 g/mol. The van der Waals surface area contributed by atoms with Crippen molar-refractivity contribution in [1.82, 2.24) is 9.80 Å². The van der Waals surface area contributed by atoms with E-state index in [1.165, 1.54) is 31.4 Å². The molecule has 0 atom stereocenters. The van der Waals surface area contributed by atoms with E-state index < -0.39 is 10.0 Å². The normalized spacial score (nSPS) is 13.4. The van der Waals surface area contributed by atoms with Crippen molar-refractivity contribution in [3.05, 3.63) is 118 Å². The molecule has 5 rings (SSSR count). The Kier molecular flexibility index (Phi) is 13.8. The van der Waals surface area contributed by atoms with Crippen molar-refractivity contribution in [2.24, 2.45) is 5.14 Å². The number of primary sulfonamides is 1. The summed E-state index contributed by atoms with van der Waals surface area (Å²) in [5.41, 5.74) is 5.52. The molecule has 0 aliphatic carbocycles. The molecule has 0 aromatic heterocycles. The molecule has 2 amide bonds. The number of benzene rings is 4. The van der Waals surface area contributed by atoms with E-state index >= 15 is 0 Å². The summed E-state index contributed by atoms with van der Waals surface area (Å²) >= 11 is 3.49. The molecule has 8 nitrogen and oxygen atoms in total. The molecule has 3 N–H and O–H groups in total. The predicted octanol–water partition coefficient (Wildman–Crippen LogP) is 6.81. The van der Waals surface area contributed by atoms with Crippen LogP contribution in [0.3, 0.4) is 0 Å². The SMILES string of the molecule is Cl.NS(=O)(=O)c1ccc(CCN(Cc2cccc(-c3cccc(NC(=O)CCN4CCCCC4)c3)c2)C(=O)Cc2cccc(Br)c2)cc1. The Bertz CT molecular complexity index is 1800. The summed E-state index contributed by atoms with van der Waals surface area (Å²) in [5, 5.41) is 8.32. The summed E-state index contributed by atoms with van der Waals surface area (Å²) in [6, 6.07) is 30.1. The van der Waals surface area contributed by atoms with Gasteiger partial charge < -0.3 is 15.1 Å². The van der Waals surface area contributed by atoms with Crippen LogP contribution in [0.25, 0.3) is 11.1 Å². The van der Waals surface area contributed by atoms with Gasteiger partial charge in [-0.3, -0.25) is 9.59 Å². The Labute approximate surface area is 298 Å². The smallest absolute Gasteiger partial charge is 0.238 e. The zero-order chi connectivity index (χ0) is 33.2. The van der Waals surface area contributed by atoms with Gasteiger partial charge in [-0.2, -0.15) is 0 Å². The molecule has 1 aliphatic rings. The minimum absolute atomic E-state index is 0. The van der Waals surface area contributed by atoms with E-state index in [-0.39, 0.29) is 35.5 Å². The van der Waals surface area contributed by atoms with Crippen LogP contribution in [-0.2, 0) is 39.0 Å². The van der Waals surface area contributed by atoms with E-state index in [9.17, 15) is 18.0 Å². The standard InChI is InChI=1S/C37H41BrN4O4S.ClH/c38-33-11-5-7-29(24-33)25-37(44)42(22-17-28-13-15-35(16-14-28)47(39,45)46)27-30-8-4-9-31(23-30)32-10-6-12-34(26-32)40-36(43)18-21-41-19-2-1-3-20-41;/h4-16,23-24,26H,1-3,17-22,25,27H2,(H,40,43)(H2,39,45,46);1H. The number of carbonyl (C=O) groups excluding carboxylic acids is 2. The number of amides is 2. The fraction of sp³-hybridized carbons (Fsp3) is 0.297. The molecule has 0 saturated carbocycles. The maximum absolute atomic E-state index is 13.7. The molecule has 0 unspecified atom stereocenters. The van der Waals surface area contributed by atoms with Crippen molar-refractivity contribution in [2.45, 2.75) is 50.0 Å². The lowest BCUT2D eigenvalue weighted by Gasteiger charge is -2.25. The monoisotopic (exact) mass is 752 g/mol. The average Bonchev–Trinajstić information content (AvgIpc) is 3.06. The molecule has 1 saturated heterocycles. The highest BCUT2D eigenvalue weighted by atomic mass is 79.9. The van der Waals surface area contributed by atoms with Gasteiger partial charge in [0, 0.05) is 36.2 Å². The largest absolute Gasteiger partial charge is 0.338 e. The Balaban J connectivity index is 0.00000520. The zero-order valence-electron chi connectivity index (χ0n) is 26.8. The second-order valence-electron chi connectivity index (χ2n) is 12.0. The first-order chi connectivity index (χ1) is 22.6. The van der Waals surface area contributed by atoms with Gasteiger partial charge >= 0.3 is 0 Å². The van der Waals surface area contributed by atoms with Crippen LogP contribution in [-0.4, -0.2) is 56.2 Å². The fourth-order valence-corrected chi connectivity index (χ4v) is 6.81. The van der Waals surface area contributed by atoms with E-state index in [4.69, 9.17) is 5.14 Å². The third-order valence-electron chi connectivity index (χ3n) is 8.40. The highest BCUT2D eigenvalue weighted by Gasteiger charge is 2.17. The Hall–Kier alpha value is -3.54. The molecule has 0 radical (unpaired) electrons. The quantitative estimate of drug-likeness (QED) is 0.156. The van der Waals surface area contributed by atoms with Crippen molar-refractivity contribution in [2.75, 3.05) is 31.5 Å². The lowest BCUT2D eigenvalue weighted by Crippen LogP contribution is -2.33. The highest BCUT2D eigenvalue weighted by Crippen LogP contribution is 2.25. The Morgan fingerprint density at radius 3 is 2.19 bits per heavy atom. The maximum Gasteiger partial charge on any atom is 0.238 e. The third-order valence-corrected chi connectivity index (χ3v) is 9.83. The number of likely N-dealkylation sites (tertiary alicyclic amines) is 1. The summed E-state index contributed by atoms with van der Waals surface area (Å²) in [5.74, 6) is 0.00397. The number of nitrogens with zero attached hydrogens (tertiary/aromatic N) is 2. The van der Waals surface area contributed by atoms with Gasteiger partial charge in [0.1, 0.15) is 0 Å². The van der Waals surface area contributed by atoms with Gasteiger partial charge in [0.25, 0.3) is 0 Å². The molecule has 11 heteroatoms. The maximum atomic E-state index is 13.7. The van der Waals surface area contributed by atoms with Crippen molar-refractivity contribution >= 4 is 55.9 Å². The highest BCUT2D eigenvalue weighted by molar-refractivity contribution is 9.10. The number of sulfonamides is 1. The Morgan fingerprint density at radius 2 is 1.48 bits per heavy atom. The first kappa shape index (κ1) is 37.3. The zero-order valence-corrected chi connectivity index (χ0v) is 30.0. The molecule has 0 spiro atoms. The van der Waals surface area contributed by atoms with E-state index in [0.29, 0.717) is 25.9 Å². The number of halogens is 2. The molecule has 0 bridgehead atoms. The molecule has 1 aliphatic heterocycles. The second-order valence-corrected chi connectivity index (χ2v) is 14.5. The van der Waals surface area contributed by atoms with E-state index in [2.05, 4.69) is 32.2 Å². The van der Waals surface area contributed by atoms with E-state index in [1.807, 2.05) is 71.6 Å². The molecule has 4 aromatic carbocycles. The first-order valence-electron chi connectivity index (χ1n) is 16.0. The molecule has 4 aromatic rings. The minimum Gasteiger partial charge on any atom is -0.338 e. The third kappa shape index (κ3) is 11.3. The van der Waals surface area contributed by atoms with Gasteiger partial charge in [0.05, 0.1) is 11.3 Å². The van der Waals surface area contributed by atoms with Crippen LogP contribution >= 0.6 is 28.3 Å². The lowest BCUT2D eigenvalue weighted by atomic mass is 10.0. The minimum atomic E-state index is -3.78. The molecule has 1 heterocycles. The van der Waals surface area contributed by atoms with E-state index in [1.54, 1.807) is 12.1 Å². The van der Waals surface area contributed by atoms with Crippen LogP contribution < -0.4 is 10.5 Å². The topological polar surface area (TPSA) is 113 Å². The van der Waals surface area contributed by atoms with Gasteiger partial charge in [-0.05, 0) is 103 Å². The van der Waals surface area contributed by atoms with Gasteiger partial charge in [-0.25, -0.2) is 13.6 Å². The van der Waals surface area contributed by atoms with Crippen molar-refractivity contribution < 1.29 is 18.0 Å². The summed E-state index contributed by atoms with van der Waals surface area (Å²) < 4.78 is 24.3. The van der Waals surface area contributed by atoms with Crippen LogP contribution in [0.4, 0.5) is 5.69 Å². The van der Waals surface area contributed by atoms with Gasteiger partial charge in [-0.15, -0.1) is 12.4 Å². The molecule has 48 heavy (non-hydrogen) atoms. The van der Waals surface area contributed by atoms with Crippen LogP contribution in [0.5, 0.6) is 0 Å². The van der Waals surface area contributed by atoms with Crippen molar-refractivity contribution in [3.63, 3.8) is 0 Å². The fourth-order valence-electron chi connectivity index (χ4n) is 5.85. The number of nitrogens with two attached hydrogens (primary N) is 1. The Morgan fingerprint density at radius 1 is 0.812 bits per heavy atom. The number of rotatable bonds is 13. The van der Waals surface area contributed by atoms with E-state index in [0.717, 1.165) is 57.6 Å². The van der Waals surface area contributed by atoms with Crippen LogP contribution in [0, 0.1) is 0 Å². The van der Waals surface area contributed by atoms with Crippen LogP contribution in [0.2, 0.25) is 0 Å². The molecule has 254 valence electrons. The summed E-state index contributed by atoms with van der Waals surface area (Å²) in [6.07, 6.45) is 4.96. The predicted molar refractivity (Wildman–Crippen MR) is 197 cm³/mol. The molecular formula is C37H42BrClN4O4S. The van der Waals surface area contributed by atoms with Crippen molar-refractivity contribution in [1.29, 1.82) is 0 Å². The number of anilines is 1. The first-order valence-corrected chi connectivity index (χ1v) is 18.3. The number of hydrogen-bond donors (Lipinski definition) is 2. The molecule has 1 fully saturated rings. The molecular weight excluding hydrogens is 712 g/mol.